The highest BCUT2D eigenvalue weighted by atomic mass is 16.5. The lowest BCUT2D eigenvalue weighted by Gasteiger charge is -2.04. The second kappa shape index (κ2) is 2.30. The highest BCUT2D eigenvalue weighted by Crippen LogP contribution is 1.88. The van der Waals surface area contributed by atoms with Crippen molar-refractivity contribution >= 4 is 12.8 Å². The fraction of sp³-hybridized carbons (Fsp3) is 0.500. The van der Waals surface area contributed by atoms with Crippen LogP contribution in [0.2, 0.25) is 0 Å². The molecule has 1 N–H and O–H groups in total. The highest BCUT2D eigenvalue weighted by Gasteiger charge is 2.08. The standard InChI is InChI=1S/C4H6N2O2/c7-3-8-4-1-5-2-6-4/h2-4H,1H2,(H,5,6). The zero-order chi connectivity index (χ0) is 5.82. The predicted octanol–water partition coefficient (Wildman–Crippen LogP) is -0.883. The average Bonchev–Trinajstić information content (AvgIpc) is 2.19. The van der Waals surface area contributed by atoms with Crippen LogP contribution in [0.25, 0.3) is 0 Å². The first-order valence-electron chi connectivity index (χ1n) is 2.27. The molecule has 0 aromatic rings. The van der Waals surface area contributed by atoms with Gasteiger partial charge in [0.25, 0.3) is 6.47 Å². The molecule has 4 heteroatoms. The highest BCUT2D eigenvalue weighted by molar-refractivity contribution is 5.57. The van der Waals surface area contributed by atoms with E-state index in [4.69, 9.17) is 0 Å². The fourth-order valence-corrected chi connectivity index (χ4v) is 0.486. The minimum absolute atomic E-state index is 0.229. The van der Waals surface area contributed by atoms with Crippen molar-refractivity contribution in [2.45, 2.75) is 6.23 Å². The van der Waals surface area contributed by atoms with Gasteiger partial charge in [-0.3, -0.25) is 9.79 Å². The summed E-state index contributed by atoms with van der Waals surface area (Å²) in [6, 6.07) is 0. The number of carbonyl (C=O) groups excluding carboxylic acids is 1. The molecule has 1 aliphatic rings. The van der Waals surface area contributed by atoms with Crippen molar-refractivity contribution in [1.82, 2.24) is 5.32 Å². The lowest BCUT2D eigenvalue weighted by molar-refractivity contribution is -0.133. The summed E-state index contributed by atoms with van der Waals surface area (Å²) in [6.07, 6.45) is 1.29. The summed E-state index contributed by atoms with van der Waals surface area (Å²) < 4.78 is 4.49. The molecule has 0 bridgehead atoms. The van der Waals surface area contributed by atoms with Gasteiger partial charge in [0.2, 0.25) is 0 Å². The largest absolute Gasteiger partial charge is 0.442 e. The molecule has 0 saturated carbocycles. The van der Waals surface area contributed by atoms with Crippen LogP contribution in [0.3, 0.4) is 0 Å². The van der Waals surface area contributed by atoms with Crippen LogP contribution in [-0.2, 0) is 9.53 Å². The van der Waals surface area contributed by atoms with Crippen LogP contribution in [0.5, 0.6) is 0 Å². The molecule has 1 rings (SSSR count). The molecule has 1 aliphatic heterocycles. The van der Waals surface area contributed by atoms with Gasteiger partial charge in [-0.05, 0) is 0 Å². The Morgan fingerprint density at radius 3 is 3.38 bits per heavy atom. The van der Waals surface area contributed by atoms with E-state index in [9.17, 15) is 4.79 Å². The molecule has 0 aromatic heterocycles. The predicted molar refractivity (Wildman–Crippen MR) is 27.4 cm³/mol. The molecule has 44 valence electrons. The topological polar surface area (TPSA) is 50.7 Å². The van der Waals surface area contributed by atoms with Crippen molar-refractivity contribution in [3.63, 3.8) is 0 Å². The Labute approximate surface area is 46.5 Å². The monoisotopic (exact) mass is 114 g/mol. The first-order valence-corrected chi connectivity index (χ1v) is 2.27. The molecular weight excluding hydrogens is 108 g/mol. The van der Waals surface area contributed by atoms with Gasteiger partial charge in [-0.2, -0.15) is 0 Å². The molecule has 0 aromatic carbocycles. The summed E-state index contributed by atoms with van der Waals surface area (Å²) in [5.41, 5.74) is 0. The third-order valence-electron chi connectivity index (χ3n) is 0.843. The maximum absolute atomic E-state index is 9.64. The summed E-state index contributed by atoms with van der Waals surface area (Å²) >= 11 is 0. The fourth-order valence-electron chi connectivity index (χ4n) is 0.486. The van der Waals surface area contributed by atoms with Gasteiger partial charge >= 0.3 is 0 Å². The maximum atomic E-state index is 9.64. The van der Waals surface area contributed by atoms with Gasteiger partial charge in [-0.1, -0.05) is 0 Å². The Morgan fingerprint density at radius 1 is 2.00 bits per heavy atom. The molecular formula is C4H6N2O2. The third-order valence-corrected chi connectivity index (χ3v) is 0.843. The minimum atomic E-state index is -0.229. The van der Waals surface area contributed by atoms with Crippen LogP contribution in [-0.4, -0.2) is 25.6 Å². The number of hydrogen-bond donors (Lipinski definition) is 1. The molecule has 1 heterocycles. The first-order chi connectivity index (χ1) is 3.93. The van der Waals surface area contributed by atoms with Gasteiger partial charge in [-0.15, -0.1) is 0 Å². The van der Waals surface area contributed by atoms with Crippen molar-refractivity contribution in [3.05, 3.63) is 0 Å². The van der Waals surface area contributed by atoms with Crippen molar-refractivity contribution in [2.75, 3.05) is 6.54 Å². The molecule has 0 fully saturated rings. The lowest BCUT2D eigenvalue weighted by atomic mass is 10.6. The molecule has 0 radical (unpaired) electrons. The van der Waals surface area contributed by atoms with E-state index >= 15 is 0 Å². The van der Waals surface area contributed by atoms with Crippen LogP contribution in [0.4, 0.5) is 0 Å². The molecule has 8 heavy (non-hydrogen) atoms. The molecule has 0 amide bonds. The van der Waals surface area contributed by atoms with E-state index < -0.39 is 0 Å². The van der Waals surface area contributed by atoms with Gasteiger partial charge in [-0.25, -0.2) is 0 Å². The Morgan fingerprint density at radius 2 is 2.88 bits per heavy atom. The number of rotatable bonds is 2. The van der Waals surface area contributed by atoms with E-state index in [2.05, 4.69) is 15.0 Å². The van der Waals surface area contributed by atoms with Crippen molar-refractivity contribution in [1.29, 1.82) is 0 Å². The first kappa shape index (κ1) is 5.08. The zero-order valence-electron chi connectivity index (χ0n) is 4.20. The maximum Gasteiger partial charge on any atom is 0.295 e. The number of carbonyl (C=O) groups is 1. The molecule has 4 nitrogen and oxygen atoms in total. The van der Waals surface area contributed by atoms with Crippen molar-refractivity contribution in [3.8, 4) is 0 Å². The van der Waals surface area contributed by atoms with E-state index in [0.29, 0.717) is 13.0 Å². The van der Waals surface area contributed by atoms with Crippen LogP contribution >= 0.6 is 0 Å². The van der Waals surface area contributed by atoms with Crippen molar-refractivity contribution < 1.29 is 9.53 Å². The van der Waals surface area contributed by atoms with Crippen LogP contribution < -0.4 is 5.32 Å². The number of nitrogens with zero attached hydrogens (tertiary/aromatic N) is 1. The quantitative estimate of drug-likeness (QED) is 0.474. The van der Waals surface area contributed by atoms with Gasteiger partial charge in [0.1, 0.15) is 0 Å². The normalized spacial score (nSPS) is 24.8. The number of hydrogen-bond acceptors (Lipinski definition) is 4. The zero-order valence-corrected chi connectivity index (χ0v) is 4.20. The molecule has 0 aliphatic carbocycles. The molecule has 0 spiro atoms. The summed E-state index contributed by atoms with van der Waals surface area (Å²) in [6.45, 7) is 0.936. The van der Waals surface area contributed by atoms with Gasteiger partial charge in [0, 0.05) is 0 Å². The van der Waals surface area contributed by atoms with Crippen LogP contribution in [0, 0.1) is 0 Å². The van der Waals surface area contributed by atoms with E-state index in [1.165, 1.54) is 6.34 Å². The second-order valence-corrected chi connectivity index (χ2v) is 1.38. The third kappa shape index (κ3) is 0.959. The van der Waals surface area contributed by atoms with Crippen LogP contribution in [0.15, 0.2) is 4.99 Å². The SMILES string of the molecule is O=COC1CN=CN1. The van der Waals surface area contributed by atoms with E-state index in [0.717, 1.165) is 0 Å². The Balaban J connectivity index is 2.19. The summed E-state index contributed by atoms with van der Waals surface area (Å²) in [5.74, 6) is 0. The van der Waals surface area contributed by atoms with E-state index in [1.807, 2.05) is 0 Å². The van der Waals surface area contributed by atoms with E-state index in [1.54, 1.807) is 0 Å². The summed E-state index contributed by atoms with van der Waals surface area (Å²) in [4.78, 5) is 13.4. The Hall–Kier alpha value is -1.06. The Kier molecular flexibility index (Phi) is 1.46. The molecule has 1 atom stereocenters. The molecule has 0 saturated heterocycles. The van der Waals surface area contributed by atoms with E-state index in [-0.39, 0.29) is 6.23 Å². The number of ether oxygens (including phenoxy) is 1. The smallest absolute Gasteiger partial charge is 0.295 e. The lowest BCUT2D eigenvalue weighted by Crippen LogP contribution is -2.27. The van der Waals surface area contributed by atoms with Crippen molar-refractivity contribution in [2.24, 2.45) is 4.99 Å². The van der Waals surface area contributed by atoms with Gasteiger partial charge in [0.15, 0.2) is 6.23 Å². The minimum Gasteiger partial charge on any atom is -0.442 e. The summed E-state index contributed by atoms with van der Waals surface area (Å²) in [5, 5.41) is 2.71. The Bertz CT molecular complexity index is 105. The van der Waals surface area contributed by atoms with Gasteiger partial charge < -0.3 is 10.1 Å². The number of nitrogens with one attached hydrogen (secondary N) is 1. The molecule has 1 unspecified atom stereocenters. The van der Waals surface area contributed by atoms with Gasteiger partial charge in [0.05, 0.1) is 12.9 Å². The van der Waals surface area contributed by atoms with Crippen LogP contribution in [0.1, 0.15) is 0 Å². The number of aliphatic imine (C=N–C) groups is 1. The average molecular weight is 114 g/mol. The second-order valence-electron chi connectivity index (χ2n) is 1.38. The summed E-state index contributed by atoms with van der Waals surface area (Å²) in [7, 11) is 0.